The summed E-state index contributed by atoms with van der Waals surface area (Å²) in [6.07, 6.45) is 9.64. The van der Waals surface area contributed by atoms with Crippen LogP contribution in [-0.4, -0.2) is 46.9 Å². The van der Waals surface area contributed by atoms with Gasteiger partial charge in [-0.3, -0.25) is 14.7 Å². The summed E-state index contributed by atoms with van der Waals surface area (Å²) in [5.41, 5.74) is 1.15. The van der Waals surface area contributed by atoms with E-state index in [1.54, 1.807) is 0 Å². The number of carbonyl (C=O) groups is 1. The third kappa shape index (κ3) is 2.88. The Hall–Kier alpha value is -1.42. The summed E-state index contributed by atoms with van der Waals surface area (Å²) >= 11 is 0. The maximum absolute atomic E-state index is 13.4. The van der Waals surface area contributed by atoms with Crippen LogP contribution in [0.1, 0.15) is 44.2 Å². The van der Waals surface area contributed by atoms with Crippen molar-refractivity contribution >= 4 is 5.91 Å². The van der Waals surface area contributed by atoms with E-state index in [4.69, 9.17) is 0 Å². The molecule has 1 amide bonds. The summed E-state index contributed by atoms with van der Waals surface area (Å²) in [4.78, 5) is 22.5. The maximum Gasteiger partial charge on any atom is 0.228 e. The number of hydrogen-bond donors (Lipinski definition) is 0. The smallest absolute Gasteiger partial charge is 0.228 e. The van der Waals surface area contributed by atoms with Crippen LogP contribution >= 0.6 is 0 Å². The maximum atomic E-state index is 13.4. The molecule has 25 heavy (non-hydrogen) atoms. The standard InChI is InChI=1S/C21H29N3O/c25-20(21-12-16-9-17(13-21)11-18(10-16)14-21)24-7-5-23(6-8-24)15-19-3-1-2-4-22-19/h1-4,16-18H,5-15H2. The lowest BCUT2D eigenvalue weighted by atomic mass is 9.49. The van der Waals surface area contributed by atoms with Gasteiger partial charge in [0.1, 0.15) is 0 Å². The van der Waals surface area contributed by atoms with Crippen LogP contribution in [0.4, 0.5) is 0 Å². The molecule has 4 bridgehead atoms. The van der Waals surface area contributed by atoms with Crippen molar-refractivity contribution in [2.45, 2.75) is 45.1 Å². The third-order valence-corrected chi connectivity index (χ3v) is 7.26. The molecule has 0 aromatic carbocycles. The van der Waals surface area contributed by atoms with Crippen molar-refractivity contribution in [1.82, 2.24) is 14.8 Å². The van der Waals surface area contributed by atoms with Gasteiger partial charge in [0.15, 0.2) is 0 Å². The van der Waals surface area contributed by atoms with Gasteiger partial charge in [-0.2, -0.15) is 0 Å². The molecule has 5 aliphatic rings. The Morgan fingerprint density at radius 2 is 1.64 bits per heavy atom. The van der Waals surface area contributed by atoms with Crippen LogP contribution in [0.3, 0.4) is 0 Å². The second kappa shape index (κ2) is 6.08. The Bertz CT molecular complexity index is 601. The lowest BCUT2D eigenvalue weighted by molar-refractivity contribution is -0.159. The van der Waals surface area contributed by atoms with Crippen molar-refractivity contribution in [3.05, 3.63) is 30.1 Å². The topological polar surface area (TPSA) is 36.4 Å². The first-order valence-electron chi connectivity index (χ1n) is 10.1. The predicted molar refractivity (Wildman–Crippen MR) is 96.7 cm³/mol. The molecule has 0 unspecified atom stereocenters. The van der Waals surface area contributed by atoms with Gasteiger partial charge in [0.2, 0.25) is 5.91 Å². The fourth-order valence-corrected chi connectivity index (χ4v) is 6.54. The normalized spacial score (nSPS) is 37.4. The molecule has 134 valence electrons. The van der Waals surface area contributed by atoms with E-state index in [9.17, 15) is 4.79 Å². The van der Waals surface area contributed by atoms with Crippen LogP contribution in [-0.2, 0) is 11.3 Å². The minimum Gasteiger partial charge on any atom is -0.340 e. The van der Waals surface area contributed by atoms with Crippen LogP contribution < -0.4 is 0 Å². The van der Waals surface area contributed by atoms with Gasteiger partial charge in [0, 0.05) is 38.9 Å². The van der Waals surface area contributed by atoms with Crippen molar-refractivity contribution in [1.29, 1.82) is 0 Å². The highest BCUT2D eigenvalue weighted by molar-refractivity contribution is 5.83. The molecule has 4 heteroatoms. The summed E-state index contributed by atoms with van der Waals surface area (Å²) in [5, 5.41) is 0. The minimum absolute atomic E-state index is 0.0257. The van der Waals surface area contributed by atoms with E-state index in [1.165, 1.54) is 38.5 Å². The van der Waals surface area contributed by atoms with Crippen LogP contribution in [0, 0.1) is 23.2 Å². The van der Waals surface area contributed by atoms with Gasteiger partial charge in [0.25, 0.3) is 0 Å². The molecule has 0 atom stereocenters. The summed E-state index contributed by atoms with van der Waals surface area (Å²) in [6, 6.07) is 6.10. The van der Waals surface area contributed by atoms with E-state index < -0.39 is 0 Å². The van der Waals surface area contributed by atoms with E-state index in [-0.39, 0.29) is 5.41 Å². The highest BCUT2D eigenvalue weighted by Crippen LogP contribution is 2.60. The molecule has 2 heterocycles. The molecule has 0 spiro atoms. The minimum atomic E-state index is 0.0257. The first kappa shape index (κ1) is 15.8. The van der Waals surface area contributed by atoms with Crippen molar-refractivity contribution in [3.8, 4) is 0 Å². The molecule has 1 aliphatic heterocycles. The lowest BCUT2D eigenvalue weighted by Gasteiger charge is -2.57. The number of amides is 1. The summed E-state index contributed by atoms with van der Waals surface area (Å²) in [6.45, 7) is 4.66. The fraction of sp³-hybridized carbons (Fsp3) is 0.714. The van der Waals surface area contributed by atoms with E-state index in [2.05, 4.69) is 26.9 Å². The highest BCUT2D eigenvalue weighted by atomic mass is 16.2. The SMILES string of the molecule is O=C(N1CCN(Cc2ccccn2)CC1)C12CC3CC(CC(C3)C1)C2. The number of piperazine rings is 1. The molecule has 1 saturated heterocycles. The lowest BCUT2D eigenvalue weighted by Crippen LogP contribution is -2.58. The first-order chi connectivity index (χ1) is 12.2. The molecule has 1 aromatic rings. The Morgan fingerprint density at radius 3 is 2.20 bits per heavy atom. The number of carbonyl (C=O) groups excluding carboxylic acids is 1. The Labute approximate surface area is 150 Å². The van der Waals surface area contributed by atoms with E-state index in [0.29, 0.717) is 5.91 Å². The molecule has 0 N–H and O–H groups in total. The average Bonchev–Trinajstić information content (AvgIpc) is 2.61. The van der Waals surface area contributed by atoms with Crippen LogP contribution in [0.25, 0.3) is 0 Å². The average molecular weight is 339 g/mol. The molecule has 0 radical (unpaired) electrons. The predicted octanol–water partition coefficient (Wildman–Crippen LogP) is 2.94. The van der Waals surface area contributed by atoms with Gasteiger partial charge < -0.3 is 4.90 Å². The van der Waals surface area contributed by atoms with Gasteiger partial charge in [0.05, 0.1) is 11.1 Å². The molecule has 1 aromatic heterocycles. The monoisotopic (exact) mass is 339 g/mol. The quantitative estimate of drug-likeness (QED) is 0.849. The third-order valence-electron chi connectivity index (χ3n) is 7.26. The molecule has 5 fully saturated rings. The Balaban J connectivity index is 1.22. The van der Waals surface area contributed by atoms with Crippen molar-refractivity contribution in [2.75, 3.05) is 26.2 Å². The van der Waals surface area contributed by atoms with Gasteiger partial charge in [-0.05, 0) is 68.4 Å². The first-order valence-corrected chi connectivity index (χ1v) is 10.1. The number of nitrogens with zero attached hydrogens (tertiary/aromatic N) is 3. The molecular weight excluding hydrogens is 310 g/mol. The van der Waals surface area contributed by atoms with Gasteiger partial charge >= 0.3 is 0 Å². The zero-order chi connectivity index (χ0) is 16.9. The molecule has 4 aliphatic carbocycles. The van der Waals surface area contributed by atoms with E-state index in [0.717, 1.165) is 56.2 Å². The Morgan fingerprint density at radius 1 is 1.00 bits per heavy atom. The highest BCUT2D eigenvalue weighted by Gasteiger charge is 2.55. The van der Waals surface area contributed by atoms with Crippen molar-refractivity contribution in [2.24, 2.45) is 23.2 Å². The van der Waals surface area contributed by atoms with Crippen LogP contribution in [0.2, 0.25) is 0 Å². The van der Waals surface area contributed by atoms with E-state index >= 15 is 0 Å². The number of pyridine rings is 1. The molecule has 6 rings (SSSR count). The largest absolute Gasteiger partial charge is 0.340 e. The van der Waals surface area contributed by atoms with Crippen LogP contribution in [0.15, 0.2) is 24.4 Å². The van der Waals surface area contributed by atoms with Gasteiger partial charge in [-0.15, -0.1) is 0 Å². The number of aromatic nitrogens is 1. The number of hydrogen-bond acceptors (Lipinski definition) is 3. The summed E-state index contributed by atoms with van der Waals surface area (Å²) < 4.78 is 0. The fourth-order valence-electron chi connectivity index (χ4n) is 6.54. The molecule has 4 nitrogen and oxygen atoms in total. The second-order valence-electron chi connectivity index (χ2n) is 9.09. The molecular formula is C21H29N3O. The molecule has 4 saturated carbocycles. The summed E-state index contributed by atoms with van der Waals surface area (Å²) in [7, 11) is 0. The zero-order valence-electron chi connectivity index (χ0n) is 15.1. The van der Waals surface area contributed by atoms with Crippen LogP contribution in [0.5, 0.6) is 0 Å². The second-order valence-corrected chi connectivity index (χ2v) is 9.09. The number of rotatable bonds is 3. The van der Waals surface area contributed by atoms with Crippen molar-refractivity contribution < 1.29 is 4.79 Å². The van der Waals surface area contributed by atoms with Gasteiger partial charge in [-0.1, -0.05) is 6.07 Å². The summed E-state index contributed by atoms with van der Waals surface area (Å²) in [5.74, 6) is 3.05. The van der Waals surface area contributed by atoms with Crippen molar-refractivity contribution in [3.63, 3.8) is 0 Å². The van der Waals surface area contributed by atoms with Gasteiger partial charge in [-0.25, -0.2) is 0 Å². The van der Waals surface area contributed by atoms with E-state index in [1.807, 2.05) is 12.3 Å². The zero-order valence-corrected chi connectivity index (χ0v) is 15.1. The Kier molecular flexibility index (Phi) is 3.85.